The van der Waals surface area contributed by atoms with Crippen LogP contribution < -0.4 is 0 Å². The summed E-state index contributed by atoms with van der Waals surface area (Å²) in [6, 6.07) is 30.5. The van der Waals surface area contributed by atoms with Crippen molar-refractivity contribution in [3.8, 4) is 33.9 Å². The fourth-order valence-electron chi connectivity index (χ4n) is 4.12. The molecule has 0 aliphatic carbocycles. The number of halogens is 12. The standard InChI is InChI=1S/2C13H12N.C12H6F6N2.F6P.Ir/c2*1-10-3-5-12(6-4-10)13-9-11(2)7-8-14-13;13-11(14,15)7-1-3-9(19-5-7)10-4-2-8(6-20-10)12(16,17)18;1-7(2,3,4,5)6;/h2*3-5,7-9H,1-2H3;1-6H;;/q2*-1;;-1;+3. The Hall–Kier alpha value is -4.72. The average Bonchev–Trinajstić information content (AvgIpc) is 3.08. The molecule has 0 N–H and O–H groups in total. The Morgan fingerprint density at radius 2 is 0.786 bits per heavy atom. The first kappa shape index (κ1) is 47.4. The van der Waals surface area contributed by atoms with Crippen molar-refractivity contribution in [2.24, 2.45) is 0 Å². The number of hydrogen-bond donors (Lipinski definition) is 0. The van der Waals surface area contributed by atoms with E-state index in [1.165, 1.54) is 22.3 Å². The van der Waals surface area contributed by atoms with Gasteiger partial charge in [-0.3, -0.25) is 9.97 Å². The van der Waals surface area contributed by atoms with E-state index >= 15 is 0 Å². The fourth-order valence-corrected chi connectivity index (χ4v) is 4.12. The van der Waals surface area contributed by atoms with E-state index in [0.29, 0.717) is 12.4 Å². The summed E-state index contributed by atoms with van der Waals surface area (Å²) in [5, 5.41) is 0. The Morgan fingerprint density at radius 1 is 0.446 bits per heavy atom. The SMILES string of the molecule is Cc1c[c-]c(-c2cc(C)ccn2)cc1.Cc1c[c-]c(-c2cc(C)ccn2)cc1.FC(F)(F)c1ccc(-c2ccc(C(F)(F)F)cn2)nc1.F[P-](F)(F)(F)(F)F.[Ir+3]. The first-order chi connectivity index (χ1) is 25.1. The van der Waals surface area contributed by atoms with Crippen molar-refractivity contribution in [2.75, 3.05) is 0 Å². The molecule has 0 fully saturated rings. The largest absolute Gasteiger partial charge is 3.00 e. The van der Waals surface area contributed by atoms with Gasteiger partial charge in [0.25, 0.3) is 0 Å². The molecule has 4 heterocycles. The average molecular weight is 994 g/mol. The summed E-state index contributed by atoms with van der Waals surface area (Å²) < 4.78 is 133. The zero-order chi connectivity index (χ0) is 41.3. The minimum absolute atomic E-state index is 0. The van der Waals surface area contributed by atoms with Gasteiger partial charge in [-0.05, 0) is 61.6 Å². The molecule has 2 aromatic carbocycles. The van der Waals surface area contributed by atoms with Gasteiger partial charge < -0.3 is 9.97 Å². The molecule has 0 aliphatic rings. The molecule has 0 amide bonds. The van der Waals surface area contributed by atoms with Gasteiger partial charge in [-0.15, -0.1) is 70.8 Å². The quantitative estimate of drug-likeness (QED) is 0.101. The van der Waals surface area contributed by atoms with Crippen LogP contribution in [0.1, 0.15) is 33.4 Å². The third-order valence-electron chi connectivity index (χ3n) is 6.76. The second-order valence-corrected chi connectivity index (χ2v) is 13.7. The minimum Gasteiger partial charge on any atom is 3.00 e. The van der Waals surface area contributed by atoms with Gasteiger partial charge in [-0.25, -0.2) is 0 Å². The van der Waals surface area contributed by atoms with Gasteiger partial charge in [-0.1, -0.05) is 37.1 Å². The second-order valence-electron chi connectivity index (χ2n) is 11.8. The molecule has 6 aromatic rings. The van der Waals surface area contributed by atoms with Crippen LogP contribution in [0, 0.1) is 39.8 Å². The Balaban J connectivity index is 0.000000270. The second kappa shape index (κ2) is 18.0. The Labute approximate surface area is 327 Å². The first-order valence-electron chi connectivity index (χ1n) is 15.6. The van der Waals surface area contributed by atoms with Crippen LogP contribution in [0.3, 0.4) is 0 Å². The molecule has 300 valence electrons. The van der Waals surface area contributed by atoms with Crippen LogP contribution in [0.2, 0.25) is 0 Å². The molecule has 0 unspecified atom stereocenters. The monoisotopic (exact) mass is 994 g/mol. The zero-order valence-electron chi connectivity index (χ0n) is 29.5. The molecule has 6 rings (SSSR count). The summed E-state index contributed by atoms with van der Waals surface area (Å²) >= 11 is 0. The number of benzene rings is 2. The molecule has 0 atom stereocenters. The van der Waals surface area contributed by atoms with E-state index < -0.39 is 31.3 Å². The van der Waals surface area contributed by atoms with Crippen LogP contribution >= 0.6 is 7.81 Å². The van der Waals surface area contributed by atoms with Crippen LogP contribution in [-0.4, -0.2) is 19.9 Å². The van der Waals surface area contributed by atoms with Crippen LogP contribution in [0.5, 0.6) is 0 Å². The Bertz CT molecular complexity index is 1990. The fraction of sp³-hybridized carbons (Fsp3) is 0.158. The van der Waals surface area contributed by atoms with E-state index in [-0.39, 0.29) is 31.5 Å². The molecule has 0 saturated heterocycles. The predicted octanol–water partition coefficient (Wildman–Crippen LogP) is 13.9. The normalized spacial score (nSPS) is 12.4. The van der Waals surface area contributed by atoms with E-state index in [0.717, 1.165) is 46.8 Å². The molecular formula is C38H30F12IrN4P. The van der Waals surface area contributed by atoms with Gasteiger partial charge >= 0.3 is 65.4 Å². The third kappa shape index (κ3) is 18.3. The van der Waals surface area contributed by atoms with E-state index in [4.69, 9.17) is 0 Å². The number of hydrogen-bond acceptors (Lipinski definition) is 4. The summed E-state index contributed by atoms with van der Waals surface area (Å²) in [6.07, 6.45) is -4.15. The zero-order valence-corrected chi connectivity index (χ0v) is 32.8. The molecular weight excluding hydrogens is 964 g/mol. The van der Waals surface area contributed by atoms with Crippen LogP contribution in [-0.2, 0) is 32.5 Å². The molecule has 4 aromatic heterocycles. The van der Waals surface area contributed by atoms with Gasteiger partial charge in [0.2, 0.25) is 0 Å². The van der Waals surface area contributed by atoms with E-state index in [1.54, 1.807) is 0 Å². The van der Waals surface area contributed by atoms with E-state index in [2.05, 4.69) is 96.2 Å². The number of aromatic nitrogens is 4. The Morgan fingerprint density at radius 3 is 1.02 bits per heavy atom. The maximum Gasteiger partial charge on any atom is 3.00 e. The summed E-state index contributed by atoms with van der Waals surface area (Å²) in [7, 11) is -10.7. The molecule has 0 spiro atoms. The molecule has 4 nitrogen and oxygen atoms in total. The van der Waals surface area contributed by atoms with Crippen molar-refractivity contribution in [1.29, 1.82) is 0 Å². The van der Waals surface area contributed by atoms with Crippen LogP contribution in [0.4, 0.5) is 51.5 Å². The smallest absolute Gasteiger partial charge is 3.00 e. The van der Waals surface area contributed by atoms with E-state index in [1.807, 2.05) is 36.7 Å². The van der Waals surface area contributed by atoms with Crippen LogP contribution in [0.25, 0.3) is 33.9 Å². The first-order valence-corrected chi connectivity index (χ1v) is 17.6. The van der Waals surface area contributed by atoms with Gasteiger partial charge in [0.05, 0.1) is 22.5 Å². The molecule has 56 heavy (non-hydrogen) atoms. The van der Waals surface area contributed by atoms with Crippen molar-refractivity contribution in [1.82, 2.24) is 19.9 Å². The maximum atomic E-state index is 12.3. The van der Waals surface area contributed by atoms with Crippen molar-refractivity contribution in [2.45, 2.75) is 40.0 Å². The summed E-state index contributed by atoms with van der Waals surface area (Å²) in [5.41, 5.74) is 7.24. The van der Waals surface area contributed by atoms with Gasteiger partial charge in [0.1, 0.15) is 0 Å². The topological polar surface area (TPSA) is 51.6 Å². The maximum absolute atomic E-state index is 12.3. The molecule has 0 radical (unpaired) electrons. The number of aryl methyl sites for hydroxylation is 4. The van der Waals surface area contributed by atoms with Crippen LogP contribution in [0.15, 0.2) is 110 Å². The summed E-state index contributed by atoms with van der Waals surface area (Å²) in [5.74, 6) is 0. The van der Waals surface area contributed by atoms with Gasteiger partial charge in [-0.2, -0.15) is 26.3 Å². The third-order valence-corrected chi connectivity index (χ3v) is 6.76. The molecule has 0 aliphatic heterocycles. The number of pyridine rings is 4. The Kier molecular flexibility index (Phi) is 15.3. The predicted molar refractivity (Wildman–Crippen MR) is 187 cm³/mol. The number of nitrogens with zero attached hydrogens (tertiary/aromatic N) is 4. The number of alkyl halides is 6. The van der Waals surface area contributed by atoms with Gasteiger partial charge in [0, 0.05) is 24.8 Å². The molecule has 0 bridgehead atoms. The van der Waals surface area contributed by atoms with Crippen molar-refractivity contribution >= 4 is 7.81 Å². The molecule has 0 saturated carbocycles. The summed E-state index contributed by atoms with van der Waals surface area (Å²) in [4.78, 5) is 15.7. The summed E-state index contributed by atoms with van der Waals surface area (Å²) in [6.45, 7) is 8.26. The van der Waals surface area contributed by atoms with Crippen molar-refractivity contribution in [3.63, 3.8) is 0 Å². The minimum atomic E-state index is -10.7. The van der Waals surface area contributed by atoms with E-state index in [9.17, 15) is 51.5 Å². The molecule has 18 heteroatoms. The van der Waals surface area contributed by atoms with Crippen molar-refractivity contribution < 1.29 is 71.6 Å². The number of rotatable bonds is 3. The van der Waals surface area contributed by atoms with Crippen molar-refractivity contribution in [3.05, 3.63) is 155 Å². The van der Waals surface area contributed by atoms with Gasteiger partial charge in [0.15, 0.2) is 0 Å².